The van der Waals surface area contributed by atoms with Gasteiger partial charge in [-0.05, 0) is 164 Å². The molecule has 0 aromatic heterocycles. The van der Waals surface area contributed by atoms with E-state index in [9.17, 15) is 20.2 Å². The smallest absolute Gasteiger partial charge is 0.290 e. The third-order valence-electron chi connectivity index (χ3n) is 22.5. The van der Waals surface area contributed by atoms with Gasteiger partial charge in [0.05, 0.1) is 41.8 Å². The molecule has 554 valence electrons. The summed E-state index contributed by atoms with van der Waals surface area (Å²) < 4.78 is 73.4. The van der Waals surface area contributed by atoms with Gasteiger partial charge in [-0.15, -0.1) is 20.5 Å². The van der Waals surface area contributed by atoms with Gasteiger partial charge in [-0.3, -0.25) is 20.2 Å². The number of nitro groups is 2. The monoisotopic (exact) mass is 1620 g/mol. The van der Waals surface area contributed by atoms with Crippen molar-refractivity contribution in [2.45, 2.75) is 125 Å². The van der Waals surface area contributed by atoms with Crippen molar-refractivity contribution in [2.24, 2.45) is 0 Å². The van der Waals surface area contributed by atoms with Crippen LogP contribution in [-0.2, 0) is 60.4 Å². The number of allylic oxidation sites excluding steroid dienone is 8. The molecule has 15 rings (SSSR count). The van der Waals surface area contributed by atoms with E-state index in [1.54, 1.807) is 12.1 Å². The Bertz CT molecular complexity index is 4610. The summed E-state index contributed by atoms with van der Waals surface area (Å²) in [6.07, 6.45) is 27.8. The number of anilines is 2. The standard InChI is InChI=1S/C86H80Br2N6O4.2ClHO4/c1-89-75-53-77(93(95)96)71(87)51-69(75)83(47-21-7-22-48-83)79(89)39-25-41-81-85(55-61-27-9-3-10-28-61,56-62-29-11-4-12-30-62)67-35-17-19-37-73(67)91(81)59-65-43-45-66(46-44-65)60-92-74-38-20-18-36-68(74)86(57-63-31-13-5-14-32-63,58-64-33-15-6-16-34-64)82(92)42-26-40-80-84(49-23-8-24-50-84)70-52-72(88)78(94(97)98)54-76(70)90(80)2;2*2-1(3,4)5/h3-6,9-20,25-46,51-54H,7-8,21-24,47-50,55-60H2,1-2H3;2*(H,2,3,4,5)/q+2;;/p-2. The zero-order valence-corrected chi connectivity index (χ0v) is 64.3. The van der Waals surface area contributed by atoms with Gasteiger partial charge in [0.25, 0.3) is 11.4 Å². The molecule has 2 spiro atoms. The van der Waals surface area contributed by atoms with Crippen molar-refractivity contribution in [1.29, 1.82) is 0 Å². The number of fused-ring (bicyclic) bond motifs is 6. The average Bonchev–Trinajstić information content (AvgIpc) is 1.59. The van der Waals surface area contributed by atoms with Crippen molar-refractivity contribution < 1.29 is 76.8 Å². The Labute approximate surface area is 649 Å². The van der Waals surface area contributed by atoms with Crippen LogP contribution in [0.5, 0.6) is 0 Å². The lowest BCUT2D eigenvalue weighted by Gasteiger charge is -2.35. The summed E-state index contributed by atoms with van der Waals surface area (Å²) in [6.45, 7) is 1.27. The Morgan fingerprint density at radius 1 is 0.398 bits per heavy atom. The molecule has 2 aliphatic carbocycles. The van der Waals surface area contributed by atoms with E-state index in [1.807, 2.05) is 12.1 Å². The first-order valence-electron chi connectivity index (χ1n) is 36.0. The van der Waals surface area contributed by atoms with Gasteiger partial charge in [-0.25, -0.2) is 37.3 Å². The van der Waals surface area contributed by atoms with E-state index >= 15 is 0 Å². The molecule has 0 saturated heterocycles. The van der Waals surface area contributed by atoms with Crippen LogP contribution in [0.2, 0.25) is 0 Å². The molecule has 2 fully saturated rings. The van der Waals surface area contributed by atoms with Gasteiger partial charge < -0.3 is 9.80 Å². The largest absolute Gasteiger partial charge is 0.339 e. The number of para-hydroxylation sites is 2. The molecule has 4 aliphatic heterocycles. The number of nitro benzene ring substituents is 2. The highest BCUT2D eigenvalue weighted by atomic mass is 79.9. The minimum absolute atomic E-state index is 0.0822. The summed E-state index contributed by atoms with van der Waals surface area (Å²) in [5, 5.41) is 24.8. The fraction of sp³-hybridized carbons (Fsp3) is 0.256. The fourth-order valence-corrected chi connectivity index (χ4v) is 19.1. The highest BCUT2D eigenvalue weighted by Crippen LogP contribution is 2.57. The van der Waals surface area contributed by atoms with Crippen LogP contribution in [0.25, 0.3) is 0 Å². The second-order valence-electron chi connectivity index (χ2n) is 28.7. The summed E-state index contributed by atoms with van der Waals surface area (Å²) in [4.78, 5) is 29.4. The molecule has 22 heteroatoms. The molecule has 0 bridgehead atoms. The first-order chi connectivity index (χ1) is 51.8. The van der Waals surface area contributed by atoms with Gasteiger partial charge in [0.15, 0.2) is 11.4 Å². The molecule has 2 saturated carbocycles. The molecular weight excluding hydrogens is 1540 g/mol. The van der Waals surface area contributed by atoms with E-state index in [-0.39, 0.29) is 32.1 Å². The number of nitrogens with zero attached hydrogens (tertiary/aromatic N) is 6. The molecule has 0 atom stereocenters. The summed E-state index contributed by atoms with van der Waals surface area (Å²) in [6, 6.07) is 78.9. The predicted molar refractivity (Wildman–Crippen MR) is 403 cm³/mol. The van der Waals surface area contributed by atoms with Gasteiger partial charge in [0.1, 0.15) is 14.1 Å². The zero-order chi connectivity index (χ0) is 76.2. The number of rotatable bonds is 18. The van der Waals surface area contributed by atoms with Crippen LogP contribution in [0.1, 0.15) is 120 Å². The van der Waals surface area contributed by atoms with Crippen LogP contribution in [0.3, 0.4) is 0 Å². The summed E-state index contributed by atoms with van der Waals surface area (Å²) in [5.41, 5.74) is 20.1. The Kier molecular flexibility index (Phi) is 23.0. The molecule has 9 aromatic rings. The molecule has 108 heavy (non-hydrogen) atoms. The van der Waals surface area contributed by atoms with Crippen molar-refractivity contribution in [1.82, 2.24) is 0 Å². The maximum Gasteiger partial charge on any atom is 0.290 e. The maximum absolute atomic E-state index is 12.4. The topological polar surface area (TPSA) is 283 Å². The molecule has 0 unspecified atom stereocenters. The van der Waals surface area contributed by atoms with E-state index in [4.69, 9.17) is 37.3 Å². The first-order valence-corrected chi connectivity index (χ1v) is 40.0. The van der Waals surface area contributed by atoms with Gasteiger partial charge >= 0.3 is 0 Å². The van der Waals surface area contributed by atoms with E-state index in [2.05, 4.69) is 295 Å². The van der Waals surface area contributed by atoms with E-state index in [0.29, 0.717) is 22.0 Å². The van der Waals surface area contributed by atoms with Crippen molar-refractivity contribution >= 4 is 77.4 Å². The van der Waals surface area contributed by atoms with Crippen LogP contribution in [0, 0.1) is 40.7 Å². The lowest BCUT2D eigenvalue weighted by Crippen LogP contribution is -2.68. The van der Waals surface area contributed by atoms with E-state index in [1.165, 1.54) is 103 Å². The highest BCUT2D eigenvalue weighted by molar-refractivity contribution is 9.11. The van der Waals surface area contributed by atoms with Crippen LogP contribution < -0.4 is 47.1 Å². The molecule has 9 aromatic carbocycles. The van der Waals surface area contributed by atoms with Crippen LogP contribution in [0.4, 0.5) is 34.1 Å². The predicted octanol–water partition coefficient (Wildman–Crippen LogP) is 11.1. The van der Waals surface area contributed by atoms with Crippen LogP contribution >= 0.6 is 31.9 Å². The second-order valence-corrected chi connectivity index (χ2v) is 32.0. The van der Waals surface area contributed by atoms with Crippen molar-refractivity contribution in [2.75, 3.05) is 23.9 Å². The van der Waals surface area contributed by atoms with E-state index < -0.39 is 31.3 Å². The SMILES string of the molecule is C[N+]1=C(C=CC=C2N(Cc3ccc(CN4C(=CC=CC5=[N+](C)c6cc([N+](=O)[O-])c(Br)cc6C56CCCCC6)C(Cc5ccccc5)(Cc5ccccc5)c5ccccc54)cc3)c3ccccc3C2(Cc2ccccc2)Cc2ccccc2)C2(CCCCC2)c2cc(Br)c([N+](=O)[O-])cc21.[O-][Cl+3]([O-])([O-])[O-].[O-][Cl+3]([O-])([O-])[O-]. The normalized spacial score (nSPS) is 18.0. The fourth-order valence-electron chi connectivity index (χ4n) is 18.1. The minimum Gasteiger partial charge on any atom is -0.339 e. The van der Waals surface area contributed by atoms with Crippen molar-refractivity contribution in [3.63, 3.8) is 0 Å². The quantitative estimate of drug-likeness (QED) is 0.0439. The molecule has 4 heterocycles. The highest BCUT2D eigenvalue weighted by Gasteiger charge is 2.54. The van der Waals surface area contributed by atoms with Gasteiger partial charge in [-0.1, -0.05) is 233 Å². The van der Waals surface area contributed by atoms with Gasteiger partial charge in [-0.2, -0.15) is 9.15 Å². The Hall–Kier alpha value is -9.10. The molecule has 0 amide bonds. The Morgan fingerprint density at radius 3 is 0.981 bits per heavy atom. The molecule has 18 nitrogen and oxygen atoms in total. The van der Waals surface area contributed by atoms with Crippen molar-refractivity contribution in [3.05, 3.63) is 351 Å². The molecule has 0 N–H and O–H groups in total. The minimum atomic E-state index is -4.94. The van der Waals surface area contributed by atoms with Crippen LogP contribution in [0.15, 0.2) is 275 Å². The number of hydrogen-bond donors (Lipinski definition) is 0. The first kappa shape index (κ1) is 77.1. The summed E-state index contributed by atoms with van der Waals surface area (Å²) in [7, 11) is -5.71. The van der Waals surface area contributed by atoms with E-state index in [0.717, 1.165) is 88.4 Å². The van der Waals surface area contributed by atoms with Crippen LogP contribution in [-0.4, -0.2) is 44.5 Å². The maximum atomic E-state index is 12.4. The number of halogens is 4. The third kappa shape index (κ3) is 16.2. The lowest BCUT2D eigenvalue weighted by atomic mass is 9.67. The Balaban J connectivity index is 0.000000967. The lowest BCUT2D eigenvalue weighted by molar-refractivity contribution is -2.00. The molecule has 6 aliphatic rings. The zero-order valence-electron chi connectivity index (χ0n) is 59.7. The van der Waals surface area contributed by atoms with Gasteiger partial charge in [0, 0.05) is 70.0 Å². The average molecular weight is 1620 g/mol. The Morgan fingerprint density at radius 2 is 0.685 bits per heavy atom. The van der Waals surface area contributed by atoms with Crippen molar-refractivity contribution in [3.8, 4) is 0 Å². The number of hydrogen-bond acceptors (Lipinski definition) is 14. The molecule has 0 radical (unpaired) electrons. The second kappa shape index (κ2) is 32.2. The number of benzene rings is 9. The van der Waals surface area contributed by atoms with Gasteiger partial charge in [0.2, 0.25) is 11.4 Å². The molecular formula is C86H80Br2Cl2N6O12. The summed E-state index contributed by atoms with van der Waals surface area (Å²) >= 11 is 7.24. The summed E-state index contributed by atoms with van der Waals surface area (Å²) in [5.74, 6) is 0. The third-order valence-corrected chi connectivity index (χ3v) is 23.8.